The summed E-state index contributed by atoms with van der Waals surface area (Å²) < 4.78 is 0. The van der Waals surface area contributed by atoms with Crippen molar-refractivity contribution < 1.29 is 0 Å². The Morgan fingerprint density at radius 1 is 1.20 bits per heavy atom. The normalized spacial score (nSPS) is 11.5. The maximum Gasteiger partial charge on any atom is 0.157 e. The van der Waals surface area contributed by atoms with Crippen LogP contribution in [-0.2, 0) is 6.42 Å². The molecule has 0 bridgehead atoms. The summed E-state index contributed by atoms with van der Waals surface area (Å²) in [6.45, 7) is 0.619. The highest BCUT2D eigenvalue weighted by Gasteiger charge is 2.07. The molecule has 0 spiro atoms. The molecular formula is C11H12N4. The minimum atomic E-state index is 0.619. The first-order chi connectivity index (χ1) is 7.38. The number of aromatic amines is 2. The van der Waals surface area contributed by atoms with Gasteiger partial charge in [-0.3, -0.25) is 0 Å². The van der Waals surface area contributed by atoms with Gasteiger partial charge in [0.05, 0.1) is 5.52 Å². The maximum atomic E-state index is 5.49. The summed E-state index contributed by atoms with van der Waals surface area (Å²) in [7, 11) is 0. The van der Waals surface area contributed by atoms with Gasteiger partial charge in [-0.05, 0) is 12.6 Å². The van der Waals surface area contributed by atoms with Crippen LogP contribution in [0.4, 0.5) is 0 Å². The first-order valence-electron chi connectivity index (χ1n) is 5.04. The fourth-order valence-electron chi connectivity index (χ4n) is 1.90. The van der Waals surface area contributed by atoms with Crippen LogP contribution in [-0.4, -0.2) is 21.5 Å². The van der Waals surface area contributed by atoms with E-state index in [0.717, 1.165) is 28.9 Å². The standard InChI is InChI=1S/C11H12N4/c12-6-5-9-14-10-7-3-1-2-4-8(7)13-11(10)15-9/h1-4,13H,5-6,12H2,(H,14,15). The first-order valence-corrected chi connectivity index (χ1v) is 5.04. The van der Waals surface area contributed by atoms with Crippen LogP contribution < -0.4 is 5.73 Å². The number of aromatic nitrogens is 3. The lowest BCUT2D eigenvalue weighted by molar-refractivity contribution is 0.899. The number of nitrogens with zero attached hydrogens (tertiary/aromatic N) is 1. The van der Waals surface area contributed by atoms with Gasteiger partial charge in [-0.15, -0.1) is 0 Å². The van der Waals surface area contributed by atoms with Crippen molar-refractivity contribution in [3.8, 4) is 0 Å². The predicted molar refractivity (Wildman–Crippen MR) is 60.7 cm³/mol. The van der Waals surface area contributed by atoms with E-state index in [-0.39, 0.29) is 0 Å². The molecule has 3 rings (SSSR count). The number of para-hydroxylation sites is 1. The van der Waals surface area contributed by atoms with E-state index in [4.69, 9.17) is 5.73 Å². The SMILES string of the molecule is NCCc1nc2[nH]c3ccccc3c2[nH]1. The van der Waals surface area contributed by atoms with Gasteiger partial charge in [-0.2, -0.15) is 0 Å². The molecule has 0 unspecified atom stereocenters. The van der Waals surface area contributed by atoms with Crippen molar-refractivity contribution in [3.05, 3.63) is 30.1 Å². The minimum absolute atomic E-state index is 0.619. The van der Waals surface area contributed by atoms with Gasteiger partial charge in [-0.1, -0.05) is 18.2 Å². The zero-order chi connectivity index (χ0) is 10.3. The van der Waals surface area contributed by atoms with Crippen molar-refractivity contribution in [3.63, 3.8) is 0 Å². The van der Waals surface area contributed by atoms with Crippen molar-refractivity contribution in [2.75, 3.05) is 6.54 Å². The first kappa shape index (κ1) is 8.49. The van der Waals surface area contributed by atoms with Gasteiger partial charge in [0.15, 0.2) is 5.65 Å². The Kier molecular flexibility index (Phi) is 1.76. The second-order valence-corrected chi connectivity index (χ2v) is 3.62. The van der Waals surface area contributed by atoms with Gasteiger partial charge >= 0.3 is 0 Å². The number of fused-ring (bicyclic) bond motifs is 3. The third-order valence-corrected chi connectivity index (χ3v) is 2.58. The number of benzene rings is 1. The van der Waals surface area contributed by atoms with Gasteiger partial charge in [0.2, 0.25) is 0 Å². The van der Waals surface area contributed by atoms with E-state index in [1.807, 2.05) is 18.2 Å². The molecular weight excluding hydrogens is 188 g/mol. The molecule has 76 valence electrons. The van der Waals surface area contributed by atoms with E-state index in [1.165, 1.54) is 5.39 Å². The van der Waals surface area contributed by atoms with E-state index in [9.17, 15) is 0 Å². The van der Waals surface area contributed by atoms with Crippen molar-refractivity contribution in [1.82, 2.24) is 15.0 Å². The number of nitrogens with one attached hydrogen (secondary N) is 2. The quantitative estimate of drug-likeness (QED) is 0.587. The highest BCUT2D eigenvalue weighted by Crippen LogP contribution is 2.22. The van der Waals surface area contributed by atoms with Crippen LogP contribution in [0.15, 0.2) is 24.3 Å². The molecule has 0 fully saturated rings. The molecule has 4 N–H and O–H groups in total. The second kappa shape index (κ2) is 3.10. The van der Waals surface area contributed by atoms with Gasteiger partial charge < -0.3 is 15.7 Å². The van der Waals surface area contributed by atoms with E-state index in [2.05, 4.69) is 21.0 Å². The number of rotatable bonds is 2. The molecule has 0 aliphatic heterocycles. The van der Waals surface area contributed by atoms with E-state index < -0.39 is 0 Å². The van der Waals surface area contributed by atoms with E-state index in [1.54, 1.807) is 0 Å². The van der Waals surface area contributed by atoms with Crippen molar-refractivity contribution in [1.29, 1.82) is 0 Å². The third kappa shape index (κ3) is 1.22. The molecule has 0 radical (unpaired) electrons. The molecule has 0 amide bonds. The molecule has 0 atom stereocenters. The molecule has 0 saturated carbocycles. The largest absolute Gasteiger partial charge is 0.340 e. The molecule has 0 aliphatic carbocycles. The van der Waals surface area contributed by atoms with Crippen molar-refractivity contribution in [2.45, 2.75) is 6.42 Å². The number of H-pyrrole nitrogens is 2. The molecule has 3 aromatic rings. The molecule has 4 nitrogen and oxygen atoms in total. The molecule has 0 saturated heterocycles. The zero-order valence-electron chi connectivity index (χ0n) is 8.25. The van der Waals surface area contributed by atoms with Crippen molar-refractivity contribution >= 4 is 22.1 Å². The Labute approximate surface area is 86.5 Å². The molecule has 2 heterocycles. The summed E-state index contributed by atoms with van der Waals surface area (Å²) >= 11 is 0. The number of imidazole rings is 1. The summed E-state index contributed by atoms with van der Waals surface area (Å²) in [4.78, 5) is 11.0. The lowest BCUT2D eigenvalue weighted by atomic mass is 10.2. The smallest absolute Gasteiger partial charge is 0.157 e. The van der Waals surface area contributed by atoms with Crippen molar-refractivity contribution in [2.24, 2.45) is 5.73 Å². The van der Waals surface area contributed by atoms with Gasteiger partial charge in [0.1, 0.15) is 5.82 Å². The van der Waals surface area contributed by atoms with E-state index in [0.29, 0.717) is 6.54 Å². The highest BCUT2D eigenvalue weighted by molar-refractivity contribution is 6.03. The fraction of sp³-hybridized carbons (Fsp3) is 0.182. The summed E-state index contributed by atoms with van der Waals surface area (Å²) in [5.41, 5.74) is 8.60. The monoisotopic (exact) mass is 200 g/mol. The molecule has 1 aromatic carbocycles. The van der Waals surface area contributed by atoms with Crippen LogP contribution in [0.25, 0.3) is 22.1 Å². The summed E-state index contributed by atoms with van der Waals surface area (Å²) in [5.74, 6) is 0.949. The lowest BCUT2D eigenvalue weighted by Crippen LogP contribution is -2.03. The topological polar surface area (TPSA) is 70.5 Å². The molecule has 0 aliphatic rings. The van der Waals surface area contributed by atoms with Crippen LogP contribution in [0.3, 0.4) is 0 Å². The van der Waals surface area contributed by atoms with Crippen LogP contribution in [0.2, 0.25) is 0 Å². The van der Waals surface area contributed by atoms with Gasteiger partial charge in [0.25, 0.3) is 0 Å². The Morgan fingerprint density at radius 3 is 2.93 bits per heavy atom. The van der Waals surface area contributed by atoms with Crippen LogP contribution in [0.1, 0.15) is 5.82 Å². The lowest BCUT2D eigenvalue weighted by Gasteiger charge is -1.90. The van der Waals surface area contributed by atoms with Gasteiger partial charge in [-0.25, -0.2) is 4.98 Å². The Morgan fingerprint density at radius 2 is 2.07 bits per heavy atom. The summed E-state index contributed by atoms with van der Waals surface area (Å²) in [6, 6.07) is 8.17. The summed E-state index contributed by atoms with van der Waals surface area (Å²) in [6.07, 6.45) is 0.789. The summed E-state index contributed by atoms with van der Waals surface area (Å²) in [5, 5.41) is 1.18. The Hall–Kier alpha value is -1.81. The minimum Gasteiger partial charge on any atom is -0.340 e. The molecule has 4 heteroatoms. The van der Waals surface area contributed by atoms with E-state index >= 15 is 0 Å². The third-order valence-electron chi connectivity index (χ3n) is 2.58. The average Bonchev–Trinajstić information content (AvgIpc) is 2.75. The average molecular weight is 200 g/mol. The fourth-order valence-corrected chi connectivity index (χ4v) is 1.90. The predicted octanol–water partition coefficient (Wildman–Crippen LogP) is 1.55. The zero-order valence-corrected chi connectivity index (χ0v) is 8.25. The second-order valence-electron chi connectivity index (χ2n) is 3.62. The number of hydrogen-bond donors (Lipinski definition) is 3. The van der Waals surface area contributed by atoms with Crippen LogP contribution in [0.5, 0.6) is 0 Å². The molecule has 2 aromatic heterocycles. The maximum absolute atomic E-state index is 5.49. The number of hydrogen-bond acceptors (Lipinski definition) is 2. The highest BCUT2D eigenvalue weighted by atomic mass is 15.0. The Balaban J connectivity index is 2.28. The van der Waals surface area contributed by atoms with Crippen LogP contribution in [0, 0.1) is 0 Å². The number of nitrogens with two attached hydrogens (primary N) is 1. The Bertz CT molecular complexity index is 605. The molecule has 15 heavy (non-hydrogen) atoms. The van der Waals surface area contributed by atoms with Crippen LogP contribution >= 0.6 is 0 Å². The van der Waals surface area contributed by atoms with Gasteiger partial charge in [0, 0.05) is 17.3 Å².